The Hall–Kier alpha value is -2.82. The van der Waals surface area contributed by atoms with Crippen molar-refractivity contribution in [3.63, 3.8) is 0 Å². The first-order valence-corrected chi connectivity index (χ1v) is 10.5. The fourth-order valence-electron chi connectivity index (χ4n) is 3.41. The third-order valence-corrected chi connectivity index (χ3v) is 5.27. The molecule has 5 nitrogen and oxygen atoms in total. The van der Waals surface area contributed by atoms with Gasteiger partial charge in [0.05, 0.1) is 6.61 Å². The van der Waals surface area contributed by atoms with Crippen molar-refractivity contribution in [2.75, 3.05) is 32.8 Å². The molecule has 2 amide bonds. The van der Waals surface area contributed by atoms with Gasteiger partial charge in [-0.3, -0.25) is 9.59 Å². The van der Waals surface area contributed by atoms with Gasteiger partial charge in [-0.05, 0) is 49.7 Å². The minimum absolute atomic E-state index is 0.00460. The molecule has 2 aromatic rings. The number of hydrogen-bond acceptors (Lipinski definition) is 3. The van der Waals surface area contributed by atoms with Crippen LogP contribution in [0.4, 0.5) is 0 Å². The van der Waals surface area contributed by atoms with Crippen molar-refractivity contribution in [3.05, 3.63) is 65.2 Å². The highest BCUT2D eigenvalue weighted by Crippen LogP contribution is 2.16. The van der Waals surface area contributed by atoms with Crippen LogP contribution in [0.1, 0.15) is 52.5 Å². The Labute approximate surface area is 173 Å². The van der Waals surface area contributed by atoms with Crippen molar-refractivity contribution in [2.45, 2.75) is 33.1 Å². The molecule has 0 N–H and O–H groups in total. The molecule has 29 heavy (non-hydrogen) atoms. The normalized spacial score (nSPS) is 14.0. The van der Waals surface area contributed by atoms with Crippen LogP contribution in [-0.2, 0) is 0 Å². The summed E-state index contributed by atoms with van der Waals surface area (Å²) in [7, 11) is 0. The summed E-state index contributed by atoms with van der Waals surface area (Å²) in [5, 5.41) is 0. The second-order valence-electron chi connectivity index (χ2n) is 7.53. The van der Waals surface area contributed by atoms with Crippen LogP contribution in [0.25, 0.3) is 0 Å². The monoisotopic (exact) mass is 394 g/mol. The van der Waals surface area contributed by atoms with Gasteiger partial charge in [0.15, 0.2) is 0 Å². The molecule has 154 valence electrons. The van der Waals surface area contributed by atoms with Crippen molar-refractivity contribution >= 4 is 11.8 Å². The van der Waals surface area contributed by atoms with Crippen LogP contribution < -0.4 is 4.74 Å². The van der Waals surface area contributed by atoms with E-state index in [1.165, 1.54) is 6.42 Å². The zero-order valence-corrected chi connectivity index (χ0v) is 17.4. The van der Waals surface area contributed by atoms with E-state index < -0.39 is 0 Å². The maximum absolute atomic E-state index is 12.8. The minimum Gasteiger partial charge on any atom is -0.494 e. The van der Waals surface area contributed by atoms with E-state index in [2.05, 4.69) is 6.92 Å². The van der Waals surface area contributed by atoms with Crippen LogP contribution in [0.2, 0.25) is 0 Å². The van der Waals surface area contributed by atoms with E-state index in [1.807, 2.05) is 65.3 Å². The summed E-state index contributed by atoms with van der Waals surface area (Å²) in [5.41, 5.74) is 2.49. The topological polar surface area (TPSA) is 49.9 Å². The van der Waals surface area contributed by atoms with Crippen molar-refractivity contribution < 1.29 is 14.3 Å². The number of carbonyl (C=O) groups is 2. The first-order valence-electron chi connectivity index (χ1n) is 10.5. The lowest BCUT2D eigenvalue weighted by Crippen LogP contribution is -2.50. The second-order valence-corrected chi connectivity index (χ2v) is 7.53. The molecular formula is C24H30N2O3. The zero-order chi connectivity index (χ0) is 20.6. The van der Waals surface area contributed by atoms with Gasteiger partial charge >= 0.3 is 0 Å². The predicted octanol–water partition coefficient (Wildman–Crippen LogP) is 4.16. The lowest BCUT2D eigenvalue weighted by molar-refractivity contribution is 0.0535. The SMILES string of the molecule is CCCCCOc1ccc(C(=O)N2CCN(C(=O)c3ccc(C)cc3)CC2)cc1. The highest BCUT2D eigenvalue weighted by molar-refractivity contribution is 5.96. The zero-order valence-electron chi connectivity index (χ0n) is 17.4. The molecule has 0 aliphatic carbocycles. The van der Waals surface area contributed by atoms with Crippen molar-refractivity contribution in [1.82, 2.24) is 9.80 Å². The summed E-state index contributed by atoms with van der Waals surface area (Å²) in [6, 6.07) is 15.0. The van der Waals surface area contributed by atoms with E-state index >= 15 is 0 Å². The molecule has 0 atom stereocenters. The van der Waals surface area contributed by atoms with Crippen LogP contribution in [0.15, 0.2) is 48.5 Å². The molecule has 0 saturated carbocycles. The van der Waals surface area contributed by atoms with Gasteiger partial charge in [0.1, 0.15) is 5.75 Å². The largest absolute Gasteiger partial charge is 0.494 e. The average molecular weight is 395 g/mol. The van der Waals surface area contributed by atoms with Gasteiger partial charge in [-0.2, -0.15) is 0 Å². The first kappa shape index (κ1) is 20.9. The van der Waals surface area contributed by atoms with Gasteiger partial charge in [-0.15, -0.1) is 0 Å². The fourth-order valence-corrected chi connectivity index (χ4v) is 3.41. The first-order chi connectivity index (χ1) is 14.1. The molecule has 2 aromatic carbocycles. The van der Waals surface area contributed by atoms with E-state index in [9.17, 15) is 9.59 Å². The number of piperazine rings is 1. The maximum atomic E-state index is 12.8. The van der Waals surface area contributed by atoms with Crippen LogP contribution >= 0.6 is 0 Å². The Balaban J connectivity index is 1.50. The van der Waals surface area contributed by atoms with Gasteiger partial charge in [0.25, 0.3) is 11.8 Å². The Kier molecular flexibility index (Phi) is 7.28. The lowest BCUT2D eigenvalue weighted by atomic mass is 10.1. The Bertz CT molecular complexity index is 807. The molecule has 5 heteroatoms. The molecule has 1 aliphatic rings. The average Bonchev–Trinajstić information content (AvgIpc) is 2.77. The molecule has 0 bridgehead atoms. The molecule has 0 radical (unpaired) electrons. The minimum atomic E-state index is 0.00460. The van der Waals surface area contributed by atoms with E-state index in [4.69, 9.17) is 4.74 Å². The number of ether oxygens (including phenoxy) is 1. The number of nitrogens with zero attached hydrogens (tertiary/aromatic N) is 2. The molecule has 0 aromatic heterocycles. The highest BCUT2D eigenvalue weighted by Gasteiger charge is 2.25. The van der Waals surface area contributed by atoms with Gasteiger partial charge < -0.3 is 14.5 Å². The summed E-state index contributed by atoms with van der Waals surface area (Å²) in [5.74, 6) is 0.831. The number of benzene rings is 2. The standard InChI is InChI=1S/C24H30N2O3/c1-3-4-5-18-29-22-12-10-21(11-13-22)24(28)26-16-14-25(15-17-26)23(27)20-8-6-19(2)7-9-20/h6-13H,3-5,14-18H2,1-2H3. The van der Waals surface area contributed by atoms with Crippen molar-refractivity contribution in [3.8, 4) is 5.75 Å². The van der Waals surface area contributed by atoms with E-state index in [0.717, 1.165) is 24.2 Å². The van der Waals surface area contributed by atoms with Crippen molar-refractivity contribution in [1.29, 1.82) is 0 Å². The molecule has 1 heterocycles. The number of carbonyl (C=O) groups excluding carboxylic acids is 2. The summed E-state index contributed by atoms with van der Waals surface area (Å²) >= 11 is 0. The summed E-state index contributed by atoms with van der Waals surface area (Å²) in [6.45, 7) is 7.08. The van der Waals surface area contributed by atoms with Gasteiger partial charge in [-0.1, -0.05) is 37.5 Å². The van der Waals surface area contributed by atoms with Gasteiger partial charge in [-0.25, -0.2) is 0 Å². The number of aryl methyl sites for hydroxylation is 1. The molecular weight excluding hydrogens is 364 g/mol. The molecule has 1 fully saturated rings. The Morgan fingerprint density at radius 3 is 1.76 bits per heavy atom. The second kappa shape index (κ2) is 10.1. The summed E-state index contributed by atoms with van der Waals surface area (Å²) < 4.78 is 5.71. The molecule has 0 unspecified atom stereocenters. The van der Waals surface area contributed by atoms with E-state index in [-0.39, 0.29) is 11.8 Å². The molecule has 0 spiro atoms. The highest BCUT2D eigenvalue weighted by atomic mass is 16.5. The third kappa shape index (κ3) is 5.59. The maximum Gasteiger partial charge on any atom is 0.253 e. The smallest absolute Gasteiger partial charge is 0.253 e. The lowest BCUT2D eigenvalue weighted by Gasteiger charge is -2.35. The van der Waals surface area contributed by atoms with E-state index in [1.54, 1.807) is 0 Å². The fraction of sp³-hybridized carbons (Fsp3) is 0.417. The molecule has 3 rings (SSSR count). The van der Waals surface area contributed by atoms with Gasteiger partial charge in [0.2, 0.25) is 0 Å². The number of hydrogen-bond donors (Lipinski definition) is 0. The number of amides is 2. The van der Waals surface area contributed by atoms with E-state index in [0.29, 0.717) is 43.9 Å². The summed E-state index contributed by atoms with van der Waals surface area (Å²) in [4.78, 5) is 29.0. The van der Waals surface area contributed by atoms with Crippen LogP contribution in [-0.4, -0.2) is 54.4 Å². The third-order valence-electron chi connectivity index (χ3n) is 5.27. The van der Waals surface area contributed by atoms with Crippen LogP contribution in [0.5, 0.6) is 5.75 Å². The van der Waals surface area contributed by atoms with Crippen LogP contribution in [0, 0.1) is 6.92 Å². The van der Waals surface area contributed by atoms with Crippen LogP contribution in [0.3, 0.4) is 0 Å². The quantitative estimate of drug-likeness (QED) is 0.663. The van der Waals surface area contributed by atoms with Gasteiger partial charge in [0, 0.05) is 37.3 Å². The van der Waals surface area contributed by atoms with Crippen molar-refractivity contribution in [2.24, 2.45) is 0 Å². The number of unbranched alkanes of at least 4 members (excludes halogenated alkanes) is 2. The number of rotatable bonds is 7. The molecule has 1 aliphatic heterocycles. The Morgan fingerprint density at radius 2 is 1.28 bits per heavy atom. The summed E-state index contributed by atoms with van der Waals surface area (Å²) in [6.07, 6.45) is 3.37. The molecule has 1 saturated heterocycles. The Morgan fingerprint density at radius 1 is 0.793 bits per heavy atom. The predicted molar refractivity (Wildman–Crippen MR) is 114 cm³/mol.